The van der Waals surface area contributed by atoms with Gasteiger partial charge in [0.25, 0.3) is 0 Å². The zero-order chi connectivity index (χ0) is 21.2. The molecule has 29 heavy (non-hydrogen) atoms. The van der Waals surface area contributed by atoms with Crippen LogP contribution in [-0.2, 0) is 0 Å². The summed E-state index contributed by atoms with van der Waals surface area (Å²) in [5.41, 5.74) is 12.4. The first-order valence-electron chi connectivity index (χ1n) is 9.06. The molecule has 2 rings (SSSR count). The lowest BCUT2D eigenvalue weighted by atomic mass is 10.0. The number of aliphatic imine (C=N–C) groups is 2. The molecular formula is C19H25N9O. The SMILES string of the molecule is CC(C)C[C@@H](CO)Nc1cc(N=C(N)/N=C(\N)Nc2ccccc2)nc(C#N)n1. The van der Waals surface area contributed by atoms with Crippen LogP contribution in [0.2, 0.25) is 0 Å². The fraction of sp³-hybridized carbons (Fsp3) is 0.316. The maximum absolute atomic E-state index is 9.54. The fourth-order valence-electron chi connectivity index (χ4n) is 2.54. The monoisotopic (exact) mass is 395 g/mol. The number of para-hydroxylation sites is 1. The average molecular weight is 395 g/mol. The number of aromatic nitrogens is 2. The predicted molar refractivity (Wildman–Crippen MR) is 114 cm³/mol. The topological polar surface area (TPSA) is 171 Å². The highest BCUT2D eigenvalue weighted by molar-refractivity contribution is 6.01. The van der Waals surface area contributed by atoms with Crippen LogP contribution in [0.3, 0.4) is 0 Å². The summed E-state index contributed by atoms with van der Waals surface area (Å²) in [6.07, 6.45) is 0.731. The Bertz CT molecular complexity index is 904. The van der Waals surface area contributed by atoms with E-state index in [0.29, 0.717) is 11.7 Å². The highest BCUT2D eigenvalue weighted by atomic mass is 16.3. The van der Waals surface area contributed by atoms with Crippen LogP contribution in [0.1, 0.15) is 26.1 Å². The van der Waals surface area contributed by atoms with Gasteiger partial charge in [-0.1, -0.05) is 32.0 Å². The van der Waals surface area contributed by atoms with Gasteiger partial charge in [-0.05, 0) is 24.5 Å². The summed E-state index contributed by atoms with van der Waals surface area (Å²) < 4.78 is 0. The van der Waals surface area contributed by atoms with Gasteiger partial charge in [0.15, 0.2) is 5.82 Å². The molecule has 0 saturated heterocycles. The Labute approximate surface area is 169 Å². The van der Waals surface area contributed by atoms with Gasteiger partial charge in [-0.2, -0.15) is 20.2 Å². The summed E-state index contributed by atoms with van der Waals surface area (Å²) in [5, 5.41) is 24.7. The lowest BCUT2D eigenvalue weighted by molar-refractivity contribution is 0.259. The minimum Gasteiger partial charge on any atom is -0.394 e. The van der Waals surface area contributed by atoms with E-state index < -0.39 is 0 Å². The van der Waals surface area contributed by atoms with E-state index in [1.165, 1.54) is 6.07 Å². The third-order valence-corrected chi connectivity index (χ3v) is 3.65. The molecule has 1 aromatic carbocycles. The highest BCUT2D eigenvalue weighted by Gasteiger charge is 2.12. The number of nitrogens with two attached hydrogens (primary N) is 2. The third-order valence-electron chi connectivity index (χ3n) is 3.65. The first-order valence-corrected chi connectivity index (χ1v) is 9.06. The molecule has 1 atom stereocenters. The summed E-state index contributed by atoms with van der Waals surface area (Å²) in [7, 11) is 0. The van der Waals surface area contributed by atoms with E-state index >= 15 is 0 Å². The van der Waals surface area contributed by atoms with Crippen LogP contribution in [0, 0.1) is 17.2 Å². The normalized spacial score (nSPS) is 13.1. The van der Waals surface area contributed by atoms with Crippen LogP contribution in [-0.4, -0.2) is 39.6 Å². The number of nitrogens with one attached hydrogen (secondary N) is 2. The van der Waals surface area contributed by atoms with Gasteiger partial charge in [-0.15, -0.1) is 0 Å². The standard InChI is InChI=1S/C19H25N9O/c1-12(2)8-14(11-29)23-15-9-16(26-17(10-20)25-15)27-19(22)28-18(21)24-13-6-4-3-5-7-13/h3-7,9,12,14,29H,8,11H2,1-2H3,(H6,21,22,23,24,25,26,27,28)/t14-/m0/s1. The molecule has 0 spiro atoms. The summed E-state index contributed by atoms with van der Waals surface area (Å²) >= 11 is 0. The molecule has 10 heteroatoms. The van der Waals surface area contributed by atoms with Gasteiger partial charge in [0.2, 0.25) is 17.7 Å². The second kappa shape index (κ2) is 10.6. The molecule has 0 saturated carbocycles. The van der Waals surface area contributed by atoms with Crippen molar-refractivity contribution in [3.63, 3.8) is 0 Å². The number of rotatable bonds is 7. The summed E-state index contributed by atoms with van der Waals surface area (Å²) in [4.78, 5) is 16.2. The van der Waals surface area contributed by atoms with Gasteiger partial charge in [0, 0.05) is 11.8 Å². The number of nitriles is 1. The van der Waals surface area contributed by atoms with Crippen molar-refractivity contribution in [3.8, 4) is 6.07 Å². The van der Waals surface area contributed by atoms with Crippen molar-refractivity contribution in [2.45, 2.75) is 26.3 Å². The van der Waals surface area contributed by atoms with Gasteiger partial charge in [-0.25, -0.2) is 4.98 Å². The molecule has 0 radical (unpaired) electrons. The van der Waals surface area contributed by atoms with Crippen molar-refractivity contribution in [3.05, 3.63) is 42.2 Å². The summed E-state index contributed by atoms with van der Waals surface area (Å²) in [5.74, 6) is 0.723. The third kappa shape index (κ3) is 7.43. The average Bonchev–Trinajstić information content (AvgIpc) is 2.67. The van der Waals surface area contributed by atoms with Crippen LogP contribution in [0.25, 0.3) is 0 Å². The van der Waals surface area contributed by atoms with Crippen LogP contribution in [0.5, 0.6) is 0 Å². The van der Waals surface area contributed by atoms with Crippen LogP contribution >= 0.6 is 0 Å². The molecule has 10 nitrogen and oxygen atoms in total. The predicted octanol–water partition coefficient (Wildman–Crippen LogP) is 1.54. The molecule has 1 aromatic heterocycles. The Kier molecular flexibility index (Phi) is 7.88. The van der Waals surface area contributed by atoms with Crippen molar-refractivity contribution >= 4 is 29.2 Å². The van der Waals surface area contributed by atoms with Crippen molar-refractivity contribution < 1.29 is 5.11 Å². The molecule has 7 N–H and O–H groups in total. The molecule has 0 unspecified atom stereocenters. The molecule has 0 aliphatic carbocycles. The molecule has 0 aliphatic heterocycles. The van der Waals surface area contributed by atoms with Crippen molar-refractivity contribution in [2.75, 3.05) is 17.2 Å². The van der Waals surface area contributed by atoms with E-state index in [1.54, 1.807) is 0 Å². The first-order chi connectivity index (χ1) is 13.9. The molecule has 2 aromatic rings. The number of hydrogen-bond donors (Lipinski definition) is 5. The lowest BCUT2D eigenvalue weighted by Crippen LogP contribution is -2.26. The van der Waals surface area contributed by atoms with Gasteiger partial charge in [0.05, 0.1) is 12.6 Å². The van der Waals surface area contributed by atoms with E-state index in [-0.39, 0.29) is 36.2 Å². The maximum Gasteiger partial charge on any atom is 0.236 e. The first kappa shape index (κ1) is 21.6. The number of anilines is 2. The number of guanidine groups is 2. The van der Waals surface area contributed by atoms with Gasteiger partial charge < -0.3 is 27.2 Å². The Balaban J connectivity index is 2.19. The van der Waals surface area contributed by atoms with E-state index in [4.69, 9.17) is 11.5 Å². The molecule has 0 amide bonds. The second-order valence-corrected chi connectivity index (χ2v) is 6.66. The Hall–Kier alpha value is -3.71. The molecule has 0 aliphatic rings. The number of nitrogens with zero attached hydrogens (tertiary/aromatic N) is 5. The second-order valence-electron chi connectivity index (χ2n) is 6.66. The smallest absolute Gasteiger partial charge is 0.236 e. The molecule has 1 heterocycles. The van der Waals surface area contributed by atoms with Gasteiger partial charge >= 0.3 is 0 Å². The lowest BCUT2D eigenvalue weighted by Gasteiger charge is -2.18. The molecule has 0 bridgehead atoms. The maximum atomic E-state index is 9.54. The molecular weight excluding hydrogens is 370 g/mol. The summed E-state index contributed by atoms with van der Waals surface area (Å²) in [6, 6.07) is 12.4. The van der Waals surface area contributed by atoms with E-state index in [2.05, 4.69) is 30.6 Å². The molecule has 0 fully saturated rings. The number of hydrogen-bond acceptors (Lipinski definition) is 6. The quantitative estimate of drug-likeness (QED) is 0.347. The fourth-order valence-corrected chi connectivity index (χ4v) is 2.54. The zero-order valence-electron chi connectivity index (χ0n) is 16.4. The Morgan fingerprint density at radius 3 is 2.59 bits per heavy atom. The van der Waals surface area contributed by atoms with Crippen molar-refractivity contribution in [2.24, 2.45) is 27.4 Å². The van der Waals surface area contributed by atoms with Crippen LogP contribution in [0.15, 0.2) is 46.4 Å². The van der Waals surface area contributed by atoms with Gasteiger partial charge in [-0.3, -0.25) is 0 Å². The highest BCUT2D eigenvalue weighted by Crippen LogP contribution is 2.17. The van der Waals surface area contributed by atoms with Crippen LogP contribution < -0.4 is 22.1 Å². The molecule has 152 valence electrons. The van der Waals surface area contributed by atoms with Crippen LogP contribution in [0.4, 0.5) is 17.3 Å². The van der Waals surface area contributed by atoms with E-state index in [9.17, 15) is 10.4 Å². The van der Waals surface area contributed by atoms with Crippen molar-refractivity contribution in [1.29, 1.82) is 5.26 Å². The minimum atomic E-state index is -0.214. The summed E-state index contributed by atoms with van der Waals surface area (Å²) in [6.45, 7) is 4.03. The van der Waals surface area contributed by atoms with E-state index in [0.717, 1.165) is 12.1 Å². The van der Waals surface area contributed by atoms with E-state index in [1.807, 2.05) is 50.2 Å². The Morgan fingerprint density at radius 2 is 1.97 bits per heavy atom. The van der Waals surface area contributed by atoms with Crippen molar-refractivity contribution in [1.82, 2.24) is 9.97 Å². The zero-order valence-corrected chi connectivity index (χ0v) is 16.4. The minimum absolute atomic E-state index is 0.0580. The Morgan fingerprint density at radius 1 is 1.24 bits per heavy atom. The number of aliphatic hydroxyl groups excluding tert-OH is 1. The van der Waals surface area contributed by atoms with Gasteiger partial charge in [0.1, 0.15) is 11.9 Å². The largest absolute Gasteiger partial charge is 0.394 e. The number of benzene rings is 1. The number of aliphatic hydroxyl groups is 1.